The fraction of sp³-hybridized carbons (Fsp3) is 1.00. The third kappa shape index (κ3) is 12.0. The van der Waals surface area contributed by atoms with E-state index < -0.39 is 7.14 Å². The Morgan fingerprint density at radius 3 is 1.65 bits per heavy atom. The molecule has 0 saturated heterocycles. The van der Waals surface area contributed by atoms with E-state index in [9.17, 15) is 4.57 Å². The van der Waals surface area contributed by atoms with Gasteiger partial charge in [-0.3, -0.25) is 0 Å². The Morgan fingerprint density at radius 1 is 0.700 bits per heavy atom. The quantitative estimate of drug-likeness (QED) is 0.303. The Kier molecular flexibility index (Phi) is 14.3. The van der Waals surface area contributed by atoms with E-state index in [1.807, 2.05) is 0 Å². The number of unbranched alkanes of at least 4 members (excludes halogenated alkanes) is 7. The first-order valence-corrected chi connectivity index (χ1v) is 11.2. The highest BCUT2D eigenvalue weighted by Gasteiger charge is 2.20. The fourth-order valence-corrected chi connectivity index (χ4v) is 5.21. The lowest BCUT2D eigenvalue weighted by Gasteiger charge is -2.19. The molecule has 1 N–H and O–H groups in total. The van der Waals surface area contributed by atoms with Crippen molar-refractivity contribution in [2.24, 2.45) is 0 Å². The van der Waals surface area contributed by atoms with E-state index in [1.54, 1.807) is 0 Å². The van der Waals surface area contributed by atoms with Crippen molar-refractivity contribution in [1.82, 2.24) is 5.32 Å². The van der Waals surface area contributed by atoms with Gasteiger partial charge in [0.05, 0.1) is 0 Å². The van der Waals surface area contributed by atoms with E-state index in [1.165, 1.54) is 51.4 Å². The molecule has 122 valence electrons. The van der Waals surface area contributed by atoms with E-state index >= 15 is 0 Å². The highest BCUT2D eigenvalue weighted by molar-refractivity contribution is 7.63. The molecule has 0 amide bonds. The van der Waals surface area contributed by atoms with Gasteiger partial charge in [-0.2, -0.15) is 0 Å². The molecular weight excluding hydrogens is 265 g/mol. The largest absolute Gasteiger partial charge is 0.322 e. The van der Waals surface area contributed by atoms with Crippen molar-refractivity contribution in [3.63, 3.8) is 0 Å². The lowest BCUT2D eigenvalue weighted by atomic mass is 10.2. The van der Waals surface area contributed by atoms with Gasteiger partial charge in [0.25, 0.3) is 0 Å². The van der Waals surface area contributed by atoms with Gasteiger partial charge in [-0.15, -0.1) is 0 Å². The fourth-order valence-electron chi connectivity index (χ4n) is 2.51. The molecule has 0 rings (SSSR count). The summed E-state index contributed by atoms with van der Waals surface area (Å²) in [5, 5.41) is 3.45. The monoisotopic (exact) mass is 303 g/mol. The van der Waals surface area contributed by atoms with Gasteiger partial charge in [0.15, 0.2) is 0 Å². The number of hydrogen-bond acceptors (Lipinski definition) is 2. The first kappa shape index (κ1) is 20.2. The Morgan fingerprint density at radius 2 is 1.20 bits per heavy atom. The molecule has 3 heteroatoms. The summed E-state index contributed by atoms with van der Waals surface area (Å²) >= 11 is 0. The predicted molar refractivity (Wildman–Crippen MR) is 93.4 cm³/mol. The lowest BCUT2D eigenvalue weighted by molar-refractivity contribution is 0.557. The van der Waals surface area contributed by atoms with Gasteiger partial charge in [-0.25, -0.2) is 0 Å². The maximum atomic E-state index is 13.0. The number of nitrogens with one attached hydrogen (secondary N) is 1. The van der Waals surface area contributed by atoms with Crippen molar-refractivity contribution in [3.8, 4) is 0 Å². The molecule has 0 aliphatic rings. The molecule has 0 aromatic carbocycles. The topological polar surface area (TPSA) is 29.1 Å². The van der Waals surface area contributed by atoms with Gasteiger partial charge in [0, 0.05) is 18.6 Å². The second-order valence-corrected chi connectivity index (χ2v) is 9.47. The highest BCUT2D eigenvalue weighted by Crippen LogP contribution is 2.46. The molecule has 0 atom stereocenters. The van der Waals surface area contributed by atoms with Crippen LogP contribution in [0.5, 0.6) is 0 Å². The number of rotatable bonds is 15. The van der Waals surface area contributed by atoms with Crippen LogP contribution in [0.15, 0.2) is 0 Å². The van der Waals surface area contributed by atoms with Crippen LogP contribution in [0, 0.1) is 0 Å². The van der Waals surface area contributed by atoms with Crippen LogP contribution in [0.4, 0.5) is 0 Å². The third-order valence-electron chi connectivity index (χ3n) is 3.95. The Bertz CT molecular complexity index is 205. The average Bonchev–Trinajstić information content (AvgIpc) is 2.45. The molecule has 0 aromatic rings. The van der Waals surface area contributed by atoms with Crippen LogP contribution in [0.25, 0.3) is 0 Å². The molecule has 0 bridgehead atoms. The zero-order chi connectivity index (χ0) is 15.1. The smallest absolute Gasteiger partial charge is 0.101 e. The molecule has 0 aliphatic carbocycles. The van der Waals surface area contributed by atoms with Gasteiger partial charge < -0.3 is 9.88 Å². The van der Waals surface area contributed by atoms with Crippen molar-refractivity contribution >= 4 is 7.14 Å². The summed E-state index contributed by atoms with van der Waals surface area (Å²) in [7, 11) is -1.95. The summed E-state index contributed by atoms with van der Waals surface area (Å²) in [6.07, 6.45) is 15.1. The SMILES string of the molecule is CCCCCCP(=O)(CCCCCC)CNCCCC. The van der Waals surface area contributed by atoms with E-state index in [-0.39, 0.29) is 0 Å². The Balaban J connectivity index is 4.02. The summed E-state index contributed by atoms with van der Waals surface area (Å²) in [6.45, 7) is 7.70. The molecule has 2 nitrogen and oxygen atoms in total. The first-order chi connectivity index (χ1) is 9.68. The second kappa shape index (κ2) is 14.1. The lowest BCUT2D eigenvalue weighted by Crippen LogP contribution is -2.19. The Labute approximate surface area is 127 Å². The minimum atomic E-state index is -1.95. The van der Waals surface area contributed by atoms with Gasteiger partial charge in [0.1, 0.15) is 7.14 Å². The van der Waals surface area contributed by atoms with E-state index in [2.05, 4.69) is 26.1 Å². The van der Waals surface area contributed by atoms with Gasteiger partial charge in [-0.05, 0) is 25.8 Å². The normalized spacial score (nSPS) is 11.9. The second-order valence-electron chi connectivity index (χ2n) is 6.14. The molecule has 0 aliphatic heterocycles. The summed E-state index contributed by atoms with van der Waals surface area (Å²) in [5.74, 6) is 0. The predicted octanol–water partition coefficient (Wildman–Crippen LogP) is 5.86. The molecule has 0 saturated carbocycles. The first-order valence-electron chi connectivity index (χ1n) is 8.96. The molecule has 0 fully saturated rings. The highest BCUT2D eigenvalue weighted by atomic mass is 31.2. The minimum absolute atomic E-state index is 0.783. The van der Waals surface area contributed by atoms with Crippen LogP contribution in [-0.2, 0) is 4.57 Å². The summed E-state index contributed by atoms with van der Waals surface area (Å²) < 4.78 is 13.0. The molecular formula is C17H38NOP. The Hall–Kier alpha value is 0.190. The third-order valence-corrected chi connectivity index (χ3v) is 7.01. The molecule has 0 radical (unpaired) electrons. The van der Waals surface area contributed by atoms with Gasteiger partial charge in [-0.1, -0.05) is 65.7 Å². The van der Waals surface area contributed by atoms with Crippen LogP contribution in [0.2, 0.25) is 0 Å². The van der Waals surface area contributed by atoms with Crippen molar-refractivity contribution in [2.75, 3.05) is 25.2 Å². The standard InChI is InChI=1S/C17H38NOP/c1-4-7-10-12-15-20(19,16-13-11-8-5-2)17-18-14-9-6-3/h18H,4-17H2,1-3H3. The average molecular weight is 303 g/mol. The van der Waals surface area contributed by atoms with Crippen LogP contribution >= 0.6 is 7.14 Å². The summed E-state index contributed by atoms with van der Waals surface area (Å²) in [4.78, 5) is 0. The minimum Gasteiger partial charge on any atom is -0.322 e. The van der Waals surface area contributed by atoms with Gasteiger partial charge >= 0.3 is 0 Å². The maximum Gasteiger partial charge on any atom is 0.101 e. The van der Waals surface area contributed by atoms with E-state index in [0.717, 1.165) is 38.0 Å². The molecule has 0 unspecified atom stereocenters. The van der Waals surface area contributed by atoms with Crippen LogP contribution in [0.3, 0.4) is 0 Å². The zero-order valence-electron chi connectivity index (χ0n) is 14.3. The van der Waals surface area contributed by atoms with Crippen LogP contribution in [0.1, 0.15) is 85.0 Å². The van der Waals surface area contributed by atoms with Crippen molar-refractivity contribution in [2.45, 2.75) is 85.0 Å². The van der Waals surface area contributed by atoms with Crippen LogP contribution < -0.4 is 5.32 Å². The maximum absolute atomic E-state index is 13.0. The summed E-state index contributed by atoms with van der Waals surface area (Å²) in [5.41, 5.74) is 0. The summed E-state index contributed by atoms with van der Waals surface area (Å²) in [6, 6.07) is 0. The number of hydrogen-bond donors (Lipinski definition) is 1. The van der Waals surface area contributed by atoms with Crippen molar-refractivity contribution in [3.05, 3.63) is 0 Å². The van der Waals surface area contributed by atoms with E-state index in [0.29, 0.717) is 0 Å². The van der Waals surface area contributed by atoms with Crippen molar-refractivity contribution < 1.29 is 4.57 Å². The zero-order valence-corrected chi connectivity index (χ0v) is 15.1. The van der Waals surface area contributed by atoms with Gasteiger partial charge in [0.2, 0.25) is 0 Å². The molecule has 0 spiro atoms. The molecule has 0 heterocycles. The van der Waals surface area contributed by atoms with E-state index in [4.69, 9.17) is 0 Å². The molecule has 20 heavy (non-hydrogen) atoms. The van der Waals surface area contributed by atoms with Crippen molar-refractivity contribution in [1.29, 1.82) is 0 Å². The van der Waals surface area contributed by atoms with Crippen LogP contribution in [-0.4, -0.2) is 25.2 Å². The molecule has 0 aromatic heterocycles.